The van der Waals surface area contributed by atoms with Crippen LogP contribution in [0, 0.1) is 11.8 Å². The van der Waals surface area contributed by atoms with Gasteiger partial charge in [-0.15, -0.1) is 0 Å². The lowest BCUT2D eigenvalue weighted by atomic mass is 9.99. The fourth-order valence-electron chi connectivity index (χ4n) is 11.3. The third-order valence-corrected chi connectivity index (χ3v) is 19.5. The minimum absolute atomic E-state index is 0.105. The van der Waals surface area contributed by atoms with E-state index >= 15 is 0 Å². The molecule has 93 heavy (non-hydrogen) atoms. The lowest BCUT2D eigenvalue weighted by Crippen LogP contribution is -2.30. The summed E-state index contributed by atoms with van der Waals surface area (Å²) in [6.45, 7) is 9.56. The molecule has 17 nitrogen and oxygen atoms in total. The van der Waals surface area contributed by atoms with Gasteiger partial charge in [-0.25, -0.2) is 9.13 Å². The minimum Gasteiger partial charge on any atom is -0.462 e. The number of ether oxygens (including phenoxy) is 4. The lowest BCUT2D eigenvalue weighted by Gasteiger charge is -2.21. The number of esters is 4. The van der Waals surface area contributed by atoms with Gasteiger partial charge in [0.25, 0.3) is 0 Å². The molecule has 0 saturated carbocycles. The fourth-order valence-corrected chi connectivity index (χ4v) is 12.8. The van der Waals surface area contributed by atoms with Gasteiger partial charge in [0.15, 0.2) is 12.2 Å². The molecule has 0 radical (unpaired) electrons. The van der Waals surface area contributed by atoms with Gasteiger partial charge < -0.3 is 33.8 Å². The average molecular weight is 1370 g/mol. The summed E-state index contributed by atoms with van der Waals surface area (Å²) >= 11 is 0. The Morgan fingerprint density at radius 2 is 0.548 bits per heavy atom. The van der Waals surface area contributed by atoms with Crippen molar-refractivity contribution < 1.29 is 80.2 Å². The van der Waals surface area contributed by atoms with E-state index in [1.807, 2.05) is 0 Å². The van der Waals surface area contributed by atoms with E-state index in [-0.39, 0.29) is 25.7 Å². The number of phosphoric ester groups is 2. The third kappa shape index (κ3) is 67.0. The highest BCUT2D eigenvalue weighted by Gasteiger charge is 2.30. The number of unbranched alkanes of at least 4 members (excludes halogenated alkanes) is 42. The Bertz CT molecular complexity index is 1810. The molecular formula is C74H144O17P2. The van der Waals surface area contributed by atoms with Crippen LogP contribution in [-0.4, -0.2) is 96.7 Å². The van der Waals surface area contributed by atoms with Crippen molar-refractivity contribution in [1.29, 1.82) is 0 Å². The first-order chi connectivity index (χ1) is 44.9. The number of aliphatic hydroxyl groups is 1. The highest BCUT2D eigenvalue weighted by atomic mass is 31.2. The molecule has 0 rings (SSSR count). The molecule has 19 heteroatoms. The molecular weight excluding hydrogens is 1220 g/mol. The Morgan fingerprint density at radius 3 is 0.817 bits per heavy atom. The standard InChI is InChI=1S/C74H144O17P2/c1-7-10-12-14-15-32-40-46-52-58-73(78)90-69(62-84-71(76)56-50-42-13-11-8-2)64-88-92(80,81)86-60-68(75)61-87-93(82,83)89-65-70(63-85-72(77)57-51-45-39-35-30-26-23-22-25-29-34-38-44-49-55-67(6)9-3)91-74(79)59-53-47-41-36-31-27-21-19-17-16-18-20-24-28-33-37-43-48-54-66(4)5/h66-70,75H,7-65H2,1-6H3,(H,80,81)(H,82,83)/t67?,68-,69+,70+/m0/s1. The van der Waals surface area contributed by atoms with E-state index in [1.165, 1.54) is 193 Å². The van der Waals surface area contributed by atoms with Crippen LogP contribution in [0.4, 0.5) is 0 Å². The molecule has 0 aromatic heterocycles. The second-order valence-electron chi connectivity index (χ2n) is 27.4. The summed E-state index contributed by atoms with van der Waals surface area (Å²) in [4.78, 5) is 72.3. The van der Waals surface area contributed by atoms with Crippen LogP contribution in [0.25, 0.3) is 0 Å². The number of carbonyl (C=O) groups excluding carboxylic acids is 4. The summed E-state index contributed by atoms with van der Waals surface area (Å²) in [7, 11) is -9.89. The largest absolute Gasteiger partial charge is 0.472 e. The van der Waals surface area contributed by atoms with E-state index in [9.17, 15) is 43.2 Å². The normalized spacial score (nSPS) is 14.3. The minimum atomic E-state index is -4.95. The van der Waals surface area contributed by atoms with E-state index in [4.69, 9.17) is 37.0 Å². The van der Waals surface area contributed by atoms with Gasteiger partial charge in [-0.3, -0.25) is 37.3 Å². The Morgan fingerprint density at radius 1 is 0.312 bits per heavy atom. The van der Waals surface area contributed by atoms with Gasteiger partial charge in [-0.2, -0.15) is 0 Å². The maximum absolute atomic E-state index is 13.1. The molecule has 0 aromatic carbocycles. The molecule has 3 N–H and O–H groups in total. The van der Waals surface area contributed by atoms with Crippen molar-refractivity contribution in [3.05, 3.63) is 0 Å². The van der Waals surface area contributed by atoms with E-state index < -0.39 is 97.5 Å². The van der Waals surface area contributed by atoms with Gasteiger partial charge in [-0.05, 0) is 37.5 Å². The molecule has 0 aliphatic heterocycles. The van der Waals surface area contributed by atoms with Crippen molar-refractivity contribution in [1.82, 2.24) is 0 Å². The topological polar surface area (TPSA) is 237 Å². The molecule has 0 amide bonds. The predicted octanol–water partition coefficient (Wildman–Crippen LogP) is 21.6. The third-order valence-electron chi connectivity index (χ3n) is 17.6. The second-order valence-corrected chi connectivity index (χ2v) is 30.3. The number of hydrogen-bond acceptors (Lipinski definition) is 15. The van der Waals surface area contributed by atoms with Gasteiger partial charge in [0.05, 0.1) is 26.4 Å². The Labute approximate surface area is 568 Å². The number of phosphoric acid groups is 2. The van der Waals surface area contributed by atoms with Crippen molar-refractivity contribution >= 4 is 39.5 Å². The van der Waals surface area contributed by atoms with Crippen molar-refractivity contribution in [3.8, 4) is 0 Å². The molecule has 0 heterocycles. The molecule has 552 valence electrons. The van der Waals surface area contributed by atoms with Gasteiger partial charge in [0.1, 0.15) is 19.3 Å². The first-order valence-corrected chi connectivity index (χ1v) is 41.5. The van der Waals surface area contributed by atoms with Crippen LogP contribution in [0.5, 0.6) is 0 Å². The van der Waals surface area contributed by atoms with Crippen LogP contribution in [0.2, 0.25) is 0 Å². The van der Waals surface area contributed by atoms with Gasteiger partial charge >= 0.3 is 39.5 Å². The number of carbonyl (C=O) groups is 4. The SMILES string of the molecule is CCCCCCCCCCCC(=O)O[C@H](COC(=O)CCCCCCC)COP(=O)(O)OC[C@H](O)COP(=O)(O)OC[C@@H](COC(=O)CCCCCCCCCCCCCCCCC(C)CC)OC(=O)CCCCCCCCCCCCCCCCCCCCC(C)C. The number of rotatable bonds is 73. The molecule has 0 spiro atoms. The van der Waals surface area contributed by atoms with Crippen molar-refractivity contribution in [3.63, 3.8) is 0 Å². The molecule has 0 saturated heterocycles. The Hall–Kier alpha value is -1.94. The molecule has 0 aliphatic rings. The number of aliphatic hydroxyl groups excluding tert-OH is 1. The summed E-state index contributed by atoms with van der Waals surface area (Å²) in [6, 6.07) is 0. The second kappa shape index (κ2) is 66.0. The Kier molecular flexibility index (Phi) is 64.6. The van der Waals surface area contributed by atoms with Crippen LogP contribution >= 0.6 is 15.6 Å². The smallest absolute Gasteiger partial charge is 0.462 e. The zero-order chi connectivity index (χ0) is 68.6. The van der Waals surface area contributed by atoms with Crippen LogP contribution < -0.4 is 0 Å². The fraction of sp³-hybridized carbons (Fsp3) is 0.946. The summed E-state index contributed by atoms with van der Waals surface area (Å²) in [5.74, 6) is -0.462. The molecule has 0 bridgehead atoms. The Balaban J connectivity index is 5.10. The van der Waals surface area contributed by atoms with Gasteiger partial charge in [0.2, 0.25) is 0 Å². The molecule has 3 unspecified atom stereocenters. The van der Waals surface area contributed by atoms with Crippen LogP contribution in [0.3, 0.4) is 0 Å². The molecule has 0 fully saturated rings. The van der Waals surface area contributed by atoms with Crippen molar-refractivity contribution in [2.24, 2.45) is 11.8 Å². The summed E-state index contributed by atoms with van der Waals surface area (Å²) < 4.78 is 68.1. The molecule has 6 atom stereocenters. The quantitative estimate of drug-likeness (QED) is 0.0222. The lowest BCUT2D eigenvalue weighted by molar-refractivity contribution is -0.161. The predicted molar refractivity (Wildman–Crippen MR) is 377 cm³/mol. The maximum Gasteiger partial charge on any atom is 0.472 e. The zero-order valence-corrected chi connectivity index (χ0v) is 62.3. The number of hydrogen-bond donors (Lipinski definition) is 3. The van der Waals surface area contributed by atoms with Gasteiger partial charge in [-0.1, -0.05) is 330 Å². The summed E-state index contributed by atoms with van der Waals surface area (Å²) in [5, 5.41) is 10.6. The van der Waals surface area contributed by atoms with Crippen molar-refractivity contribution in [2.75, 3.05) is 39.6 Å². The van der Waals surface area contributed by atoms with E-state index in [2.05, 4.69) is 41.5 Å². The first-order valence-electron chi connectivity index (χ1n) is 38.5. The van der Waals surface area contributed by atoms with Crippen molar-refractivity contribution in [2.45, 2.75) is 400 Å². The highest BCUT2D eigenvalue weighted by molar-refractivity contribution is 7.47. The highest BCUT2D eigenvalue weighted by Crippen LogP contribution is 2.45. The van der Waals surface area contributed by atoms with Crippen LogP contribution in [0.15, 0.2) is 0 Å². The van der Waals surface area contributed by atoms with E-state index in [1.54, 1.807) is 0 Å². The van der Waals surface area contributed by atoms with E-state index in [0.717, 1.165) is 108 Å². The average Bonchev–Trinajstić information content (AvgIpc) is 2.76. The first kappa shape index (κ1) is 91.1. The monoisotopic (exact) mass is 1370 g/mol. The molecule has 0 aromatic rings. The van der Waals surface area contributed by atoms with Gasteiger partial charge in [0, 0.05) is 25.7 Å². The maximum atomic E-state index is 13.1. The van der Waals surface area contributed by atoms with E-state index in [0.29, 0.717) is 25.7 Å². The summed E-state index contributed by atoms with van der Waals surface area (Å²) in [5.41, 5.74) is 0. The molecule has 0 aliphatic carbocycles. The summed E-state index contributed by atoms with van der Waals surface area (Å²) in [6.07, 6.45) is 53.2. The van der Waals surface area contributed by atoms with Crippen LogP contribution in [0.1, 0.15) is 382 Å². The van der Waals surface area contributed by atoms with Crippen LogP contribution in [-0.2, 0) is 65.4 Å². The zero-order valence-electron chi connectivity index (χ0n) is 60.6.